The second kappa shape index (κ2) is 6.71. The van der Waals surface area contributed by atoms with Crippen LogP contribution in [0.15, 0.2) is 0 Å². The number of hydrogen-bond donors (Lipinski definition) is 1. The van der Waals surface area contributed by atoms with Crippen LogP contribution < -0.4 is 5.32 Å². The second-order valence-electron chi connectivity index (χ2n) is 6.25. The van der Waals surface area contributed by atoms with Crippen LogP contribution in [0.5, 0.6) is 0 Å². The number of amides is 1. The van der Waals surface area contributed by atoms with Crippen LogP contribution in [0.25, 0.3) is 0 Å². The SMILES string of the molecule is CCNC1COCC1C(=O)N(CCC(C)C)C1CC1. The molecule has 1 amide bonds. The molecule has 2 aliphatic rings. The lowest BCUT2D eigenvalue weighted by Crippen LogP contribution is -2.47. The Bertz CT molecular complexity index is 303. The first-order valence-corrected chi connectivity index (χ1v) is 7.75. The van der Waals surface area contributed by atoms with Gasteiger partial charge in [0.25, 0.3) is 0 Å². The van der Waals surface area contributed by atoms with Gasteiger partial charge >= 0.3 is 0 Å². The lowest BCUT2D eigenvalue weighted by Gasteiger charge is -2.28. The standard InChI is InChI=1S/C15H28N2O2/c1-4-16-14-10-19-9-13(14)15(18)17(12-5-6-12)8-7-11(2)3/h11-14,16H,4-10H2,1-3H3. The van der Waals surface area contributed by atoms with Crippen LogP contribution in [-0.2, 0) is 9.53 Å². The first-order valence-electron chi connectivity index (χ1n) is 7.75. The van der Waals surface area contributed by atoms with Gasteiger partial charge in [0.1, 0.15) is 0 Å². The molecule has 1 saturated heterocycles. The normalized spacial score (nSPS) is 26.9. The minimum atomic E-state index is 0.0210. The number of rotatable bonds is 7. The summed E-state index contributed by atoms with van der Waals surface area (Å²) in [6.45, 7) is 9.58. The van der Waals surface area contributed by atoms with E-state index in [2.05, 4.69) is 31.0 Å². The van der Waals surface area contributed by atoms with Crippen molar-refractivity contribution in [2.45, 2.75) is 52.1 Å². The summed E-state index contributed by atoms with van der Waals surface area (Å²) < 4.78 is 5.51. The molecule has 4 heteroatoms. The Hall–Kier alpha value is -0.610. The average Bonchev–Trinajstić information content (AvgIpc) is 3.09. The molecule has 19 heavy (non-hydrogen) atoms. The van der Waals surface area contributed by atoms with Crippen molar-refractivity contribution in [1.29, 1.82) is 0 Å². The van der Waals surface area contributed by atoms with E-state index in [1.54, 1.807) is 0 Å². The Morgan fingerprint density at radius 3 is 2.68 bits per heavy atom. The van der Waals surface area contributed by atoms with Crippen molar-refractivity contribution in [2.75, 3.05) is 26.3 Å². The summed E-state index contributed by atoms with van der Waals surface area (Å²) in [5.74, 6) is 0.984. The number of nitrogens with one attached hydrogen (secondary N) is 1. The van der Waals surface area contributed by atoms with Gasteiger partial charge in [0.2, 0.25) is 5.91 Å². The Labute approximate surface area is 116 Å². The predicted molar refractivity (Wildman–Crippen MR) is 76.0 cm³/mol. The number of carbonyl (C=O) groups excluding carboxylic acids is 1. The molecule has 0 bridgehead atoms. The zero-order valence-corrected chi connectivity index (χ0v) is 12.5. The number of hydrogen-bond acceptors (Lipinski definition) is 3. The smallest absolute Gasteiger partial charge is 0.229 e. The fourth-order valence-electron chi connectivity index (χ4n) is 2.73. The molecule has 0 aromatic carbocycles. The van der Waals surface area contributed by atoms with E-state index < -0.39 is 0 Å². The summed E-state index contributed by atoms with van der Waals surface area (Å²) in [5.41, 5.74) is 0. The zero-order chi connectivity index (χ0) is 13.8. The lowest BCUT2D eigenvalue weighted by molar-refractivity contribution is -0.136. The van der Waals surface area contributed by atoms with Crippen LogP contribution in [0.3, 0.4) is 0 Å². The molecule has 0 radical (unpaired) electrons. The van der Waals surface area contributed by atoms with Gasteiger partial charge in [0.05, 0.1) is 19.1 Å². The number of carbonyl (C=O) groups is 1. The summed E-state index contributed by atoms with van der Waals surface area (Å²) in [4.78, 5) is 14.9. The van der Waals surface area contributed by atoms with Gasteiger partial charge < -0.3 is 15.0 Å². The summed E-state index contributed by atoms with van der Waals surface area (Å²) in [6, 6.07) is 0.715. The molecule has 2 rings (SSSR count). The molecular formula is C15H28N2O2. The maximum absolute atomic E-state index is 12.7. The van der Waals surface area contributed by atoms with Crippen LogP contribution in [0.4, 0.5) is 0 Å². The summed E-state index contributed by atoms with van der Waals surface area (Å²) in [7, 11) is 0. The number of ether oxygens (including phenoxy) is 1. The van der Waals surface area contributed by atoms with E-state index >= 15 is 0 Å². The molecule has 1 aliphatic heterocycles. The van der Waals surface area contributed by atoms with E-state index in [1.165, 1.54) is 12.8 Å². The summed E-state index contributed by atoms with van der Waals surface area (Å²) in [6.07, 6.45) is 3.47. The van der Waals surface area contributed by atoms with Crippen molar-refractivity contribution in [3.8, 4) is 0 Å². The van der Waals surface area contributed by atoms with Crippen LogP contribution in [0.1, 0.15) is 40.0 Å². The van der Waals surface area contributed by atoms with Gasteiger partial charge in [0, 0.05) is 18.6 Å². The first-order chi connectivity index (χ1) is 9.13. The van der Waals surface area contributed by atoms with Gasteiger partial charge in [-0.25, -0.2) is 0 Å². The number of nitrogens with zero attached hydrogens (tertiary/aromatic N) is 1. The molecule has 2 unspecified atom stereocenters. The van der Waals surface area contributed by atoms with Crippen LogP contribution in [0.2, 0.25) is 0 Å². The van der Waals surface area contributed by atoms with E-state index in [9.17, 15) is 4.79 Å². The molecule has 2 fully saturated rings. The van der Waals surface area contributed by atoms with Crippen molar-refractivity contribution >= 4 is 5.91 Å². The zero-order valence-electron chi connectivity index (χ0n) is 12.5. The molecule has 1 N–H and O–H groups in total. The van der Waals surface area contributed by atoms with Gasteiger partial charge in [-0.3, -0.25) is 4.79 Å². The van der Waals surface area contributed by atoms with Crippen LogP contribution in [-0.4, -0.2) is 49.2 Å². The highest BCUT2D eigenvalue weighted by molar-refractivity contribution is 5.80. The van der Waals surface area contributed by atoms with Crippen LogP contribution in [0, 0.1) is 11.8 Å². The van der Waals surface area contributed by atoms with Crippen molar-refractivity contribution < 1.29 is 9.53 Å². The van der Waals surface area contributed by atoms with Gasteiger partial charge in [-0.2, -0.15) is 0 Å². The molecule has 4 nitrogen and oxygen atoms in total. The average molecular weight is 268 g/mol. The van der Waals surface area contributed by atoms with Crippen LogP contribution >= 0.6 is 0 Å². The van der Waals surface area contributed by atoms with Crippen molar-refractivity contribution in [3.63, 3.8) is 0 Å². The quantitative estimate of drug-likeness (QED) is 0.763. The van der Waals surface area contributed by atoms with E-state index in [4.69, 9.17) is 4.74 Å². The van der Waals surface area contributed by atoms with Gasteiger partial charge in [-0.05, 0) is 31.7 Å². The molecule has 2 atom stereocenters. The number of likely N-dealkylation sites (N-methyl/N-ethyl adjacent to an activating group) is 1. The van der Waals surface area contributed by atoms with E-state index in [-0.39, 0.29) is 12.0 Å². The molecule has 1 aliphatic carbocycles. The molecule has 1 heterocycles. The first kappa shape index (κ1) is 14.8. The summed E-state index contributed by atoms with van der Waals surface area (Å²) >= 11 is 0. The highest BCUT2D eigenvalue weighted by Gasteiger charge is 2.40. The second-order valence-corrected chi connectivity index (χ2v) is 6.25. The molecule has 110 valence electrons. The minimum absolute atomic E-state index is 0.0210. The Kier molecular flexibility index (Phi) is 5.22. The minimum Gasteiger partial charge on any atom is -0.379 e. The van der Waals surface area contributed by atoms with Gasteiger partial charge in [0.15, 0.2) is 0 Å². The molecular weight excluding hydrogens is 240 g/mol. The molecule has 0 aromatic rings. The van der Waals surface area contributed by atoms with Crippen molar-refractivity contribution in [1.82, 2.24) is 10.2 Å². The van der Waals surface area contributed by atoms with E-state index in [1.807, 2.05) is 0 Å². The Morgan fingerprint density at radius 1 is 1.37 bits per heavy atom. The Morgan fingerprint density at radius 2 is 2.11 bits per heavy atom. The maximum Gasteiger partial charge on any atom is 0.229 e. The van der Waals surface area contributed by atoms with Crippen molar-refractivity contribution in [2.24, 2.45) is 11.8 Å². The summed E-state index contributed by atoms with van der Waals surface area (Å²) in [5, 5.41) is 3.38. The molecule has 0 aromatic heterocycles. The fourth-order valence-corrected chi connectivity index (χ4v) is 2.73. The monoisotopic (exact) mass is 268 g/mol. The van der Waals surface area contributed by atoms with Gasteiger partial charge in [-0.15, -0.1) is 0 Å². The predicted octanol–water partition coefficient (Wildman–Crippen LogP) is 1.65. The fraction of sp³-hybridized carbons (Fsp3) is 0.933. The van der Waals surface area contributed by atoms with E-state index in [0.29, 0.717) is 31.1 Å². The molecule has 1 saturated carbocycles. The topological polar surface area (TPSA) is 41.6 Å². The third-order valence-electron chi connectivity index (χ3n) is 4.08. The highest BCUT2D eigenvalue weighted by Crippen LogP contribution is 2.30. The third-order valence-corrected chi connectivity index (χ3v) is 4.08. The lowest BCUT2D eigenvalue weighted by atomic mass is 10.0. The highest BCUT2D eigenvalue weighted by atomic mass is 16.5. The largest absolute Gasteiger partial charge is 0.379 e. The Balaban J connectivity index is 1.94. The molecule has 0 spiro atoms. The maximum atomic E-state index is 12.7. The van der Waals surface area contributed by atoms with Gasteiger partial charge in [-0.1, -0.05) is 20.8 Å². The third kappa shape index (κ3) is 3.93. The van der Waals surface area contributed by atoms with Crippen molar-refractivity contribution in [3.05, 3.63) is 0 Å². The van der Waals surface area contributed by atoms with E-state index in [0.717, 1.165) is 19.5 Å².